The van der Waals surface area contributed by atoms with Crippen LogP contribution < -0.4 is 0 Å². The average Bonchev–Trinajstić information content (AvgIpc) is 2.56. The first-order chi connectivity index (χ1) is 11.9. The van der Waals surface area contributed by atoms with Gasteiger partial charge in [-0.25, -0.2) is 0 Å². The zero-order valence-corrected chi connectivity index (χ0v) is 15.4. The smallest absolute Gasteiger partial charge is 0.134 e. The number of fused-ring (bicyclic) bond motifs is 2. The molecule has 1 unspecified atom stereocenters. The Balaban J connectivity index is 1.91. The summed E-state index contributed by atoms with van der Waals surface area (Å²) in [5.74, 6) is 0.794. The predicted molar refractivity (Wildman–Crippen MR) is 98.2 cm³/mol. The van der Waals surface area contributed by atoms with Crippen molar-refractivity contribution in [3.63, 3.8) is 0 Å². The fraction of sp³-hybridized carbons (Fsp3) is 0.667. The van der Waals surface area contributed by atoms with Crippen LogP contribution in [-0.4, -0.2) is 53.2 Å². The molecular formula is C21H31NO3. The Kier molecular flexibility index (Phi) is 5.33. The lowest BCUT2D eigenvalue weighted by Gasteiger charge is -2.58. The number of Topliss-reactive ketones (excluding diaryl/α,β-unsaturated/α-hetero) is 1. The Hall–Kier alpha value is -1.23. The van der Waals surface area contributed by atoms with Crippen LogP contribution >= 0.6 is 0 Å². The molecule has 3 rings (SSSR count). The zero-order chi connectivity index (χ0) is 18.1. The average molecular weight is 345 g/mol. The highest BCUT2D eigenvalue weighted by Gasteiger charge is 2.59. The van der Waals surface area contributed by atoms with E-state index in [1.54, 1.807) is 0 Å². The fourth-order valence-corrected chi connectivity index (χ4v) is 4.93. The first-order valence-electron chi connectivity index (χ1n) is 9.46. The molecule has 4 heteroatoms. The molecule has 0 radical (unpaired) electrons. The minimum atomic E-state index is -0.709. The van der Waals surface area contributed by atoms with Gasteiger partial charge in [-0.1, -0.05) is 44.2 Å². The number of rotatable bonds is 6. The van der Waals surface area contributed by atoms with Crippen LogP contribution in [0.5, 0.6) is 0 Å². The van der Waals surface area contributed by atoms with Crippen molar-refractivity contribution >= 4 is 5.78 Å². The molecule has 1 aromatic rings. The van der Waals surface area contributed by atoms with Gasteiger partial charge < -0.3 is 15.1 Å². The lowest BCUT2D eigenvalue weighted by atomic mass is 9.55. The molecular weight excluding hydrogens is 314 g/mol. The molecule has 138 valence electrons. The van der Waals surface area contributed by atoms with Gasteiger partial charge in [-0.2, -0.15) is 0 Å². The molecule has 1 aliphatic carbocycles. The Labute approximate surface area is 150 Å². The van der Waals surface area contributed by atoms with Crippen molar-refractivity contribution in [2.24, 2.45) is 16.7 Å². The summed E-state index contributed by atoms with van der Waals surface area (Å²) in [7, 11) is 0. The molecule has 0 amide bonds. The third-order valence-electron chi connectivity index (χ3n) is 6.07. The van der Waals surface area contributed by atoms with Gasteiger partial charge in [-0.15, -0.1) is 0 Å². The maximum atomic E-state index is 12.5. The van der Waals surface area contributed by atoms with E-state index in [2.05, 4.69) is 30.9 Å². The molecule has 0 spiro atoms. The van der Waals surface area contributed by atoms with Crippen LogP contribution in [0, 0.1) is 16.7 Å². The maximum absolute atomic E-state index is 12.5. The van der Waals surface area contributed by atoms with Crippen LogP contribution in [0.25, 0.3) is 0 Å². The van der Waals surface area contributed by atoms with Crippen LogP contribution in [0.15, 0.2) is 30.3 Å². The number of aliphatic hydroxyl groups is 2. The topological polar surface area (TPSA) is 60.8 Å². The second-order valence-electron chi connectivity index (χ2n) is 8.73. The number of likely N-dealkylation sites (tertiary alicyclic amines) is 1. The van der Waals surface area contributed by atoms with Crippen LogP contribution in [0.1, 0.15) is 38.7 Å². The summed E-state index contributed by atoms with van der Waals surface area (Å²) < 4.78 is 0. The summed E-state index contributed by atoms with van der Waals surface area (Å²) >= 11 is 0. The monoisotopic (exact) mass is 345 g/mol. The van der Waals surface area contributed by atoms with Crippen molar-refractivity contribution in [3.05, 3.63) is 35.9 Å². The second kappa shape index (κ2) is 7.18. The van der Waals surface area contributed by atoms with Crippen LogP contribution in [0.3, 0.4) is 0 Å². The summed E-state index contributed by atoms with van der Waals surface area (Å²) in [6.45, 7) is 6.59. The first kappa shape index (κ1) is 18.6. The number of aliphatic hydroxyl groups excluding tert-OH is 2. The van der Waals surface area contributed by atoms with E-state index >= 15 is 0 Å². The number of carbonyl (C=O) groups excluding carboxylic acids is 1. The number of benzene rings is 1. The highest BCUT2D eigenvalue weighted by atomic mass is 16.3. The summed E-state index contributed by atoms with van der Waals surface area (Å²) in [5.41, 5.74) is -0.0534. The molecule has 1 saturated heterocycles. The molecule has 0 aromatic heterocycles. The van der Waals surface area contributed by atoms with E-state index in [0.29, 0.717) is 31.7 Å². The van der Waals surface area contributed by atoms with Crippen LogP contribution in [0.4, 0.5) is 0 Å². The summed E-state index contributed by atoms with van der Waals surface area (Å²) in [6, 6.07) is 10.1. The molecule has 4 nitrogen and oxygen atoms in total. The van der Waals surface area contributed by atoms with E-state index in [0.717, 1.165) is 25.1 Å². The van der Waals surface area contributed by atoms with Crippen molar-refractivity contribution < 1.29 is 15.0 Å². The van der Waals surface area contributed by atoms with Crippen molar-refractivity contribution in [1.82, 2.24) is 4.90 Å². The van der Waals surface area contributed by atoms with E-state index in [-0.39, 0.29) is 12.4 Å². The van der Waals surface area contributed by atoms with Gasteiger partial charge in [0.15, 0.2) is 0 Å². The fourth-order valence-electron chi connectivity index (χ4n) is 4.93. The summed E-state index contributed by atoms with van der Waals surface area (Å²) in [6.07, 6.45) is 1.83. The molecule has 1 heterocycles. The maximum Gasteiger partial charge on any atom is 0.134 e. The highest BCUT2D eigenvalue weighted by molar-refractivity contribution is 5.81. The largest absolute Gasteiger partial charge is 0.396 e. The van der Waals surface area contributed by atoms with Gasteiger partial charge >= 0.3 is 0 Å². The quantitative estimate of drug-likeness (QED) is 0.830. The van der Waals surface area contributed by atoms with Gasteiger partial charge in [-0.05, 0) is 30.9 Å². The number of carbonyl (C=O) groups is 1. The molecule has 2 fully saturated rings. The molecule has 1 aromatic carbocycles. The molecule has 1 saturated carbocycles. The molecule has 1 aliphatic heterocycles. The molecule has 25 heavy (non-hydrogen) atoms. The number of hydrogen-bond donors (Lipinski definition) is 2. The van der Waals surface area contributed by atoms with E-state index < -0.39 is 16.9 Å². The summed E-state index contributed by atoms with van der Waals surface area (Å²) in [4.78, 5) is 14.9. The molecule has 3 atom stereocenters. The van der Waals surface area contributed by atoms with Crippen molar-refractivity contribution in [1.29, 1.82) is 0 Å². The number of ketones is 1. The van der Waals surface area contributed by atoms with Crippen LogP contribution in [-0.2, 0) is 11.2 Å². The Morgan fingerprint density at radius 2 is 1.80 bits per heavy atom. The van der Waals surface area contributed by atoms with E-state index in [9.17, 15) is 15.0 Å². The predicted octanol–water partition coefficient (Wildman–Crippen LogP) is 2.28. The van der Waals surface area contributed by atoms with E-state index in [1.165, 1.54) is 0 Å². The third-order valence-corrected chi connectivity index (χ3v) is 6.07. The normalized spacial score (nSPS) is 33.0. The number of piperidine rings is 1. The summed E-state index contributed by atoms with van der Waals surface area (Å²) in [5, 5.41) is 21.3. The first-order valence-corrected chi connectivity index (χ1v) is 9.46. The number of hydrogen-bond acceptors (Lipinski definition) is 4. The van der Waals surface area contributed by atoms with Gasteiger partial charge in [0.2, 0.25) is 0 Å². The van der Waals surface area contributed by atoms with Gasteiger partial charge in [0.25, 0.3) is 0 Å². The van der Waals surface area contributed by atoms with Crippen molar-refractivity contribution in [3.8, 4) is 0 Å². The van der Waals surface area contributed by atoms with Crippen molar-refractivity contribution in [2.75, 3.05) is 26.2 Å². The Bertz CT molecular complexity index is 602. The lowest BCUT2D eigenvalue weighted by Crippen LogP contribution is -2.68. The zero-order valence-electron chi connectivity index (χ0n) is 15.4. The Morgan fingerprint density at radius 3 is 2.44 bits per heavy atom. The van der Waals surface area contributed by atoms with Gasteiger partial charge in [-0.3, -0.25) is 4.79 Å². The second-order valence-corrected chi connectivity index (χ2v) is 8.73. The Morgan fingerprint density at radius 1 is 1.16 bits per heavy atom. The molecule has 2 N–H and O–H groups in total. The molecule has 2 aliphatic rings. The number of nitrogens with zero attached hydrogens (tertiary/aromatic N) is 1. The minimum absolute atomic E-state index is 0.130. The van der Waals surface area contributed by atoms with E-state index in [1.807, 2.05) is 18.2 Å². The SMILES string of the molecule is CC(C)CCN1C[C@]2(CO)CC(=O)C[C@](Cc3ccccc3)(C1)C2O. The highest BCUT2D eigenvalue weighted by Crippen LogP contribution is 2.51. The van der Waals surface area contributed by atoms with Gasteiger partial charge in [0, 0.05) is 36.8 Å². The van der Waals surface area contributed by atoms with Gasteiger partial charge in [0.05, 0.1) is 12.7 Å². The van der Waals surface area contributed by atoms with Crippen LogP contribution in [0.2, 0.25) is 0 Å². The minimum Gasteiger partial charge on any atom is -0.396 e. The standard InChI is InChI=1S/C21H31NO3/c1-16(2)8-9-22-13-20(10-17-6-4-3-5-7-17)11-18(24)12-21(14-22,15-23)19(20)25/h3-7,16,19,23,25H,8-15H2,1-2H3/t19?,20-,21+/m1/s1. The van der Waals surface area contributed by atoms with E-state index in [4.69, 9.17) is 0 Å². The third kappa shape index (κ3) is 3.67. The molecule has 2 bridgehead atoms. The van der Waals surface area contributed by atoms with Crippen molar-refractivity contribution in [2.45, 2.75) is 45.6 Å². The lowest BCUT2D eigenvalue weighted by molar-refractivity contribution is -0.186. The van der Waals surface area contributed by atoms with Gasteiger partial charge in [0.1, 0.15) is 5.78 Å².